The molecule has 0 unspecified atom stereocenters. The molecule has 4 aromatic carbocycles. The van der Waals surface area contributed by atoms with Gasteiger partial charge in [-0.15, -0.1) is 5.75 Å². The van der Waals surface area contributed by atoms with E-state index in [1.807, 2.05) is 30.3 Å². The molecule has 0 spiro atoms. The van der Waals surface area contributed by atoms with Gasteiger partial charge in [-0.2, -0.15) is 8.42 Å². The number of rotatable bonds is 18. The first-order chi connectivity index (χ1) is 23.8. The molecule has 0 amide bonds. The summed E-state index contributed by atoms with van der Waals surface area (Å²) in [5.74, 6) is -0.0442. The number of hydrogen-bond donors (Lipinski definition) is 2. The van der Waals surface area contributed by atoms with Crippen LogP contribution in [0.15, 0.2) is 94.7 Å². The van der Waals surface area contributed by atoms with Crippen molar-refractivity contribution in [3.8, 4) is 34.5 Å². The second-order valence-electron chi connectivity index (χ2n) is 12.0. The van der Waals surface area contributed by atoms with Crippen molar-refractivity contribution >= 4 is 58.0 Å². The Balaban J connectivity index is 0.000000347. The summed E-state index contributed by atoms with van der Waals surface area (Å²) in [6.45, 7) is 4.36. The van der Waals surface area contributed by atoms with E-state index in [-0.39, 0.29) is 59.9 Å². The number of aryl methyl sites for hydroxylation is 2. The normalized spacial score (nSPS) is 11.2. The van der Waals surface area contributed by atoms with Gasteiger partial charge in [0.25, 0.3) is 10.1 Å². The molecule has 0 fully saturated rings. The molecule has 13 heteroatoms. The molecule has 0 atom stereocenters. The largest absolute Gasteiger partial charge is 2.00 e. The fourth-order valence-electron chi connectivity index (χ4n) is 5.21. The second kappa shape index (κ2) is 22.3. The third-order valence-corrected chi connectivity index (χ3v) is 9.55. The first kappa shape index (κ1) is 44.3. The molecule has 4 aromatic rings. The van der Waals surface area contributed by atoms with Crippen LogP contribution in [0.2, 0.25) is 0 Å². The van der Waals surface area contributed by atoms with Crippen molar-refractivity contribution in [3.63, 3.8) is 0 Å². The summed E-state index contributed by atoms with van der Waals surface area (Å²) in [6, 6.07) is 21.1. The summed E-state index contributed by atoms with van der Waals surface area (Å²) in [7, 11) is -9.16. The Morgan fingerprint density at radius 3 is 1.55 bits per heavy atom. The predicted molar refractivity (Wildman–Crippen MR) is 195 cm³/mol. The topological polar surface area (TPSA) is 173 Å². The minimum absolute atomic E-state index is 0. The molecule has 0 saturated carbocycles. The van der Waals surface area contributed by atoms with E-state index < -0.39 is 30.9 Å². The van der Waals surface area contributed by atoms with E-state index in [2.05, 4.69) is 13.8 Å². The minimum atomic E-state index is -4.72. The number of unbranched alkanes of at least 4 members (excludes halogenated alkanes) is 8. The van der Waals surface area contributed by atoms with Crippen LogP contribution in [0.3, 0.4) is 0 Å². The van der Waals surface area contributed by atoms with Gasteiger partial charge in [-0.25, -0.2) is 8.42 Å². The Labute approximate surface area is 332 Å². The first-order valence-electron chi connectivity index (χ1n) is 16.9. The average molecular weight is 767 g/mol. The van der Waals surface area contributed by atoms with E-state index in [0.717, 1.165) is 67.5 Å². The summed E-state index contributed by atoms with van der Waals surface area (Å²) in [5.41, 5.74) is 2.17. The van der Waals surface area contributed by atoms with E-state index in [0.29, 0.717) is 11.5 Å². The predicted octanol–water partition coefficient (Wildman–Crippen LogP) is 8.53. The maximum Gasteiger partial charge on any atom is 2.00 e. The summed E-state index contributed by atoms with van der Waals surface area (Å²) in [4.78, 5) is -0.910. The van der Waals surface area contributed by atoms with Gasteiger partial charge in [0.15, 0.2) is 5.75 Å². The molecule has 0 aliphatic heterocycles. The van der Waals surface area contributed by atoms with Crippen molar-refractivity contribution < 1.29 is 45.6 Å². The molecule has 51 heavy (non-hydrogen) atoms. The smallest absolute Gasteiger partial charge is 0.872 e. The third kappa shape index (κ3) is 16.2. The van der Waals surface area contributed by atoms with Crippen molar-refractivity contribution in [2.45, 2.75) is 101 Å². The Morgan fingerprint density at radius 2 is 1.08 bits per heavy atom. The summed E-state index contributed by atoms with van der Waals surface area (Å²) in [6.07, 6.45) is 13.7. The van der Waals surface area contributed by atoms with Crippen LogP contribution in [0.1, 0.15) is 89.2 Å². The van der Waals surface area contributed by atoms with Gasteiger partial charge in [0.2, 0.25) is 0 Å². The molecule has 2 N–H and O–H groups in total. The standard InChI is InChI=1S/2C19H24O5S.Ca/c2*1-2-3-4-5-6-8-15-9-7-10-17(13-15)24-18-14-16(20)11-12-19(18)25(21,22)23;/h2*7,9-14,20H,2-6,8H2,1H3,(H,21,22,23);/q;;+2/p-2. The zero-order chi connectivity index (χ0) is 36.6. The van der Waals surface area contributed by atoms with E-state index in [4.69, 9.17) is 9.47 Å². The number of phenolic OH excluding ortho intramolecular Hbond substituents is 1. The molecule has 0 aliphatic carbocycles. The van der Waals surface area contributed by atoms with Crippen molar-refractivity contribution in [1.82, 2.24) is 0 Å². The van der Waals surface area contributed by atoms with Crippen molar-refractivity contribution in [3.05, 3.63) is 96.1 Å². The Kier molecular flexibility index (Phi) is 19.4. The fraction of sp³-hybridized carbons (Fsp3) is 0.368. The van der Waals surface area contributed by atoms with Gasteiger partial charge >= 0.3 is 37.7 Å². The number of ether oxygens (including phenoxy) is 2. The van der Waals surface area contributed by atoms with Crippen LogP contribution in [0, 0.1) is 0 Å². The van der Waals surface area contributed by atoms with Crippen LogP contribution in [0.4, 0.5) is 0 Å². The number of benzene rings is 4. The van der Waals surface area contributed by atoms with Crippen LogP contribution in [-0.4, -0.2) is 68.8 Å². The molecular weight excluding hydrogens is 721 g/mol. The minimum Gasteiger partial charge on any atom is -0.872 e. The summed E-state index contributed by atoms with van der Waals surface area (Å²) >= 11 is 0. The Hall–Kier alpha value is -2.84. The molecule has 0 aromatic heterocycles. The van der Waals surface area contributed by atoms with Gasteiger partial charge in [-0.1, -0.05) is 95.5 Å². The zero-order valence-electron chi connectivity index (χ0n) is 29.3. The van der Waals surface area contributed by atoms with Crippen molar-refractivity contribution in [1.29, 1.82) is 0 Å². The Bertz CT molecular complexity index is 1740. The van der Waals surface area contributed by atoms with E-state index in [1.54, 1.807) is 18.2 Å². The molecule has 4 rings (SSSR count). The van der Waals surface area contributed by atoms with Crippen LogP contribution < -0.4 is 14.6 Å². The average Bonchev–Trinajstić information content (AvgIpc) is 3.04. The van der Waals surface area contributed by atoms with E-state index >= 15 is 0 Å². The molecule has 10 nitrogen and oxygen atoms in total. The summed E-state index contributed by atoms with van der Waals surface area (Å²) < 4.78 is 77.2. The van der Waals surface area contributed by atoms with Crippen molar-refractivity contribution in [2.24, 2.45) is 0 Å². The van der Waals surface area contributed by atoms with Gasteiger partial charge < -0.3 is 24.2 Å². The quantitative estimate of drug-likeness (QED) is 0.0568. The Morgan fingerprint density at radius 1 is 0.608 bits per heavy atom. The van der Waals surface area contributed by atoms with Crippen molar-refractivity contribution in [2.75, 3.05) is 0 Å². The zero-order valence-corrected chi connectivity index (χ0v) is 33.1. The van der Waals surface area contributed by atoms with E-state index in [1.165, 1.54) is 57.1 Å². The molecule has 0 saturated heterocycles. The molecule has 0 radical (unpaired) electrons. The van der Waals surface area contributed by atoms with Crippen LogP contribution in [-0.2, 0) is 33.1 Å². The number of phenols is 1. The van der Waals surface area contributed by atoms with E-state index in [9.17, 15) is 36.2 Å². The van der Waals surface area contributed by atoms with Gasteiger partial charge in [-0.3, -0.25) is 4.55 Å². The maximum absolute atomic E-state index is 11.5. The summed E-state index contributed by atoms with van der Waals surface area (Å²) in [5, 5.41) is 21.0. The third-order valence-electron chi connectivity index (χ3n) is 7.78. The first-order valence-corrected chi connectivity index (χ1v) is 19.8. The van der Waals surface area contributed by atoms with Gasteiger partial charge in [-0.05, 0) is 85.3 Å². The number of hydrogen-bond acceptors (Lipinski definition) is 9. The van der Waals surface area contributed by atoms with Crippen LogP contribution in [0.25, 0.3) is 0 Å². The SMILES string of the molecule is CCCCCCCc1cccc(Oc2cc(O)ccc2S(=O)(=O)O)c1.CCCCCCCc1cccc(Oc2cc([O-])ccc2S(=O)(=O)[O-])c1.[Ca+2]. The second-order valence-corrected chi connectivity index (χ2v) is 14.7. The molecule has 0 bridgehead atoms. The fourth-order valence-corrected chi connectivity index (χ4v) is 6.39. The molecule has 0 heterocycles. The van der Waals surface area contributed by atoms with Crippen LogP contribution >= 0.6 is 0 Å². The number of aromatic hydroxyl groups is 1. The monoisotopic (exact) mass is 766 g/mol. The van der Waals surface area contributed by atoms with Gasteiger partial charge in [0.1, 0.15) is 38.0 Å². The maximum atomic E-state index is 11.5. The van der Waals surface area contributed by atoms with Gasteiger partial charge in [0, 0.05) is 6.07 Å². The van der Waals surface area contributed by atoms with Crippen LogP contribution in [0.5, 0.6) is 34.5 Å². The molecular formula is C38H46CaO10S2. The molecule has 272 valence electrons. The van der Waals surface area contributed by atoms with Gasteiger partial charge in [0.05, 0.1) is 4.90 Å². The molecule has 0 aliphatic rings.